The van der Waals surface area contributed by atoms with Crippen LogP contribution in [-0.2, 0) is 4.79 Å². The van der Waals surface area contributed by atoms with E-state index in [-0.39, 0.29) is 11.9 Å². The third-order valence-corrected chi connectivity index (χ3v) is 5.52. The van der Waals surface area contributed by atoms with Crippen LogP contribution >= 0.6 is 0 Å². The molecule has 1 aliphatic rings. The molecule has 1 amide bonds. The molecule has 1 saturated heterocycles. The highest BCUT2D eigenvalue weighted by atomic mass is 16.5. The molecule has 5 heteroatoms. The van der Waals surface area contributed by atoms with Gasteiger partial charge in [0.1, 0.15) is 0 Å². The number of amides is 1. The first kappa shape index (κ1) is 21.0. The normalized spacial score (nSPS) is 18.6. The molecule has 156 valence electrons. The van der Waals surface area contributed by atoms with Crippen molar-refractivity contribution in [3.8, 4) is 11.5 Å². The summed E-state index contributed by atoms with van der Waals surface area (Å²) >= 11 is 0. The Hall–Kier alpha value is -2.69. The van der Waals surface area contributed by atoms with E-state index < -0.39 is 6.10 Å². The van der Waals surface area contributed by atoms with Crippen LogP contribution in [-0.4, -0.2) is 32.2 Å². The van der Waals surface area contributed by atoms with E-state index in [1.165, 1.54) is 18.5 Å². The second-order valence-corrected chi connectivity index (χ2v) is 7.93. The van der Waals surface area contributed by atoms with Crippen LogP contribution in [0.4, 0.5) is 5.69 Å². The summed E-state index contributed by atoms with van der Waals surface area (Å²) in [5, 5.41) is 3.04. The largest absolute Gasteiger partial charge is 0.493 e. The summed E-state index contributed by atoms with van der Waals surface area (Å²) in [6, 6.07) is 15.8. The van der Waals surface area contributed by atoms with E-state index in [9.17, 15) is 4.79 Å². The highest BCUT2D eigenvalue weighted by molar-refractivity contribution is 5.81. The van der Waals surface area contributed by atoms with E-state index in [0.29, 0.717) is 11.5 Å². The van der Waals surface area contributed by atoms with E-state index in [1.807, 2.05) is 25.1 Å². The molecular formula is C24H32N2O3. The monoisotopic (exact) mass is 396 g/mol. The van der Waals surface area contributed by atoms with Crippen molar-refractivity contribution in [3.05, 3.63) is 54.1 Å². The minimum absolute atomic E-state index is 0.0967. The van der Waals surface area contributed by atoms with Gasteiger partial charge in [0, 0.05) is 18.8 Å². The van der Waals surface area contributed by atoms with Crippen LogP contribution in [0.3, 0.4) is 0 Å². The topological polar surface area (TPSA) is 50.8 Å². The molecule has 2 aromatic carbocycles. The number of nitrogens with one attached hydrogen (secondary N) is 1. The fourth-order valence-electron chi connectivity index (χ4n) is 3.77. The van der Waals surface area contributed by atoms with Gasteiger partial charge in [-0.15, -0.1) is 0 Å². The SMILES string of the molecule is COc1ccccc1O[C@H](C)C(=O)N[C@@H](C)c1ccc(N2CCC[C@@H](C)C2)cc1. The van der Waals surface area contributed by atoms with Crippen LogP contribution in [0.5, 0.6) is 11.5 Å². The molecule has 5 nitrogen and oxygen atoms in total. The molecule has 0 aliphatic carbocycles. The maximum absolute atomic E-state index is 12.6. The van der Waals surface area contributed by atoms with Gasteiger partial charge >= 0.3 is 0 Å². The van der Waals surface area contributed by atoms with E-state index in [4.69, 9.17) is 9.47 Å². The number of methoxy groups -OCH3 is 1. The smallest absolute Gasteiger partial charge is 0.261 e. The van der Waals surface area contributed by atoms with Crippen molar-refractivity contribution < 1.29 is 14.3 Å². The van der Waals surface area contributed by atoms with Crippen LogP contribution < -0.4 is 19.7 Å². The summed E-state index contributed by atoms with van der Waals surface area (Å²) < 4.78 is 11.1. The molecular weight excluding hydrogens is 364 g/mol. The number of hydrogen-bond donors (Lipinski definition) is 1. The number of anilines is 1. The Labute approximate surface area is 174 Å². The molecule has 0 radical (unpaired) electrons. The Bertz CT molecular complexity index is 806. The number of piperidine rings is 1. The highest BCUT2D eigenvalue weighted by Gasteiger charge is 2.20. The molecule has 0 bridgehead atoms. The van der Waals surface area contributed by atoms with Gasteiger partial charge in [-0.2, -0.15) is 0 Å². The molecule has 0 aromatic heterocycles. The minimum Gasteiger partial charge on any atom is -0.493 e. The van der Waals surface area contributed by atoms with Gasteiger partial charge in [-0.05, 0) is 62.4 Å². The van der Waals surface area contributed by atoms with Crippen LogP contribution in [0.2, 0.25) is 0 Å². The Kier molecular flexibility index (Phi) is 7.02. The summed E-state index contributed by atoms with van der Waals surface area (Å²) in [7, 11) is 1.59. The average Bonchev–Trinajstić information content (AvgIpc) is 2.74. The Morgan fingerprint density at radius 3 is 2.45 bits per heavy atom. The van der Waals surface area contributed by atoms with Crippen molar-refractivity contribution in [2.24, 2.45) is 5.92 Å². The zero-order valence-electron chi connectivity index (χ0n) is 17.9. The summed E-state index contributed by atoms with van der Waals surface area (Å²) in [6.07, 6.45) is 1.94. The summed E-state index contributed by atoms with van der Waals surface area (Å²) in [5.74, 6) is 1.76. The molecule has 3 rings (SSSR count). The molecule has 0 spiro atoms. The van der Waals surface area contributed by atoms with Gasteiger partial charge in [-0.1, -0.05) is 31.2 Å². The van der Waals surface area contributed by atoms with Crippen molar-refractivity contribution in [2.75, 3.05) is 25.1 Å². The molecule has 0 saturated carbocycles. The van der Waals surface area contributed by atoms with Crippen LogP contribution in [0.15, 0.2) is 48.5 Å². The first-order valence-corrected chi connectivity index (χ1v) is 10.4. The Morgan fingerprint density at radius 1 is 1.10 bits per heavy atom. The quantitative estimate of drug-likeness (QED) is 0.744. The molecule has 3 atom stereocenters. The number of rotatable bonds is 7. The Balaban J connectivity index is 1.57. The average molecular weight is 397 g/mol. The lowest BCUT2D eigenvalue weighted by molar-refractivity contribution is -0.127. The van der Waals surface area contributed by atoms with Gasteiger partial charge in [0.2, 0.25) is 0 Å². The number of carbonyl (C=O) groups excluding carboxylic acids is 1. The van der Waals surface area contributed by atoms with Crippen molar-refractivity contribution >= 4 is 11.6 Å². The van der Waals surface area contributed by atoms with Crippen LogP contribution in [0, 0.1) is 5.92 Å². The van der Waals surface area contributed by atoms with Gasteiger partial charge in [-0.25, -0.2) is 0 Å². The zero-order valence-corrected chi connectivity index (χ0v) is 17.9. The number of para-hydroxylation sites is 2. The first-order chi connectivity index (χ1) is 14.0. The predicted molar refractivity (Wildman–Crippen MR) is 117 cm³/mol. The van der Waals surface area contributed by atoms with Gasteiger partial charge < -0.3 is 19.7 Å². The maximum atomic E-state index is 12.6. The van der Waals surface area contributed by atoms with E-state index >= 15 is 0 Å². The van der Waals surface area contributed by atoms with E-state index in [2.05, 4.69) is 41.4 Å². The van der Waals surface area contributed by atoms with E-state index in [1.54, 1.807) is 20.1 Å². The maximum Gasteiger partial charge on any atom is 0.261 e. The standard InChI is InChI=1S/C24H32N2O3/c1-17-8-7-15-26(16-17)21-13-11-20(12-14-21)18(2)25-24(27)19(3)29-23-10-6-5-9-22(23)28-4/h5-6,9-14,17-19H,7-8,15-16H2,1-4H3,(H,25,27)/t17-,18+,19-/m1/s1. The molecule has 1 N–H and O–H groups in total. The van der Waals surface area contributed by atoms with Gasteiger partial charge in [0.25, 0.3) is 5.91 Å². The fraction of sp³-hybridized carbons (Fsp3) is 0.458. The molecule has 1 aliphatic heterocycles. The molecule has 0 unspecified atom stereocenters. The van der Waals surface area contributed by atoms with Gasteiger partial charge in [0.15, 0.2) is 17.6 Å². The third kappa shape index (κ3) is 5.43. The van der Waals surface area contributed by atoms with Crippen molar-refractivity contribution in [1.29, 1.82) is 0 Å². The number of carbonyl (C=O) groups is 1. The van der Waals surface area contributed by atoms with E-state index in [0.717, 1.165) is 24.6 Å². The second kappa shape index (κ2) is 9.68. The second-order valence-electron chi connectivity index (χ2n) is 7.93. The van der Waals surface area contributed by atoms with Crippen molar-refractivity contribution in [3.63, 3.8) is 0 Å². The van der Waals surface area contributed by atoms with Crippen molar-refractivity contribution in [1.82, 2.24) is 5.32 Å². The number of hydrogen-bond acceptors (Lipinski definition) is 4. The zero-order chi connectivity index (χ0) is 20.8. The number of benzene rings is 2. The lowest BCUT2D eigenvalue weighted by Crippen LogP contribution is -2.37. The van der Waals surface area contributed by atoms with Crippen LogP contribution in [0.25, 0.3) is 0 Å². The fourth-order valence-corrected chi connectivity index (χ4v) is 3.77. The summed E-state index contributed by atoms with van der Waals surface area (Å²) in [6.45, 7) is 8.28. The van der Waals surface area contributed by atoms with Gasteiger partial charge in [0.05, 0.1) is 13.2 Å². The molecule has 29 heavy (non-hydrogen) atoms. The lowest BCUT2D eigenvalue weighted by Gasteiger charge is -2.33. The lowest BCUT2D eigenvalue weighted by atomic mass is 9.99. The molecule has 2 aromatic rings. The predicted octanol–water partition coefficient (Wildman–Crippen LogP) is 4.58. The Morgan fingerprint density at radius 2 is 1.79 bits per heavy atom. The first-order valence-electron chi connectivity index (χ1n) is 10.4. The van der Waals surface area contributed by atoms with Crippen LogP contribution in [0.1, 0.15) is 45.2 Å². The van der Waals surface area contributed by atoms with Crippen molar-refractivity contribution in [2.45, 2.75) is 45.8 Å². The molecule has 1 fully saturated rings. The third-order valence-electron chi connectivity index (χ3n) is 5.52. The van der Waals surface area contributed by atoms with Gasteiger partial charge in [-0.3, -0.25) is 4.79 Å². The minimum atomic E-state index is -0.622. The summed E-state index contributed by atoms with van der Waals surface area (Å²) in [4.78, 5) is 15.0. The highest BCUT2D eigenvalue weighted by Crippen LogP contribution is 2.27. The summed E-state index contributed by atoms with van der Waals surface area (Å²) in [5.41, 5.74) is 2.34. The number of nitrogens with zero attached hydrogens (tertiary/aromatic N) is 1. The molecule has 1 heterocycles. The number of ether oxygens (including phenoxy) is 2.